The first-order valence-corrected chi connectivity index (χ1v) is 8.07. The predicted octanol–water partition coefficient (Wildman–Crippen LogP) is 4.69. The minimum atomic E-state index is -0.142. The minimum Gasteiger partial charge on any atom is -0.326 e. The molecule has 20 heavy (non-hydrogen) atoms. The van der Waals surface area contributed by atoms with Gasteiger partial charge in [0.2, 0.25) is 0 Å². The summed E-state index contributed by atoms with van der Waals surface area (Å²) in [5, 5.41) is 2.62. The second-order valence-electron chi connectivity index (χ2n) is 4.60. The van der Waals surface area contributed by atoms with Crippen LogP contribution in [0.3, 0.4) is 0 Å². The highest BCUT2D eigenvalue weighted by Gasteiger charge is 2.15. The molecule has 3 rings (SSSR count). The number of hydrogen-bond donors (Lipinski definition) is 0. The first kappa shape index (κ1) is 13.9. The van der Waals surface area contributed by atoms with Crippen LogP contribution in [0.15, 0.2) is 29.1 Å². The van der Waals surface area contributed by atoms with Gasteiger partial charge in [-0.1, -0.05) is 11.6 Å². The van der Waals surface area contributed by atoms with Crippen molar-refractivity contribution in [3.63, 3.8) is 0 Å². The van der Waals surface area contributed by atoms with Crippen molar-refractivity contribution in [3.8, 4) is 0 Å². The maximum absolute atomic E-state index is 6.25. The van der Waals surface area contributed by atoms with E-state index in [-0.39, 0.29) is 5.38 Å². The van der Waals surface area contributed by atoms with E-state index in [0.717, 1.165) is 35.5 Å². The number of thiazole rings is 1. The van der Waals surface area contributed by atoms with Gasteiger partial charge in [0.1, 0.15) is 5.82 Å². The van der Waals surface area contributed by atoms with E-state index < -0.39 is 0 Å². The van der Waals surface area contributed by atoms with Crippen LogP contribution < -0.4 is 0 Å². The van der Waals surface area contributed by atoms with Crippen LogP contribution in [0.5, 0.6) is 0 Å². The van der Waals surface area contributed by atoms with Gasteiger partial charge in [-0.2, -0.15) is 0 Å². The molecular formula is C14H13Cl2N3S. The Morgan fingerprint density at radius 2 is 2.25 bits per heavy atom. The van der Waals surface area contributed by atoms with E-state index in [0.29, 0.717) is 5.02 Å². The summed E-state index contributed by atoms with van der Waals surface area (Å²) in [6.07, 6.45) is 0.869. The number of imidazole rings is 1. The Hall–Kier alpha value is -1.10. The fourth-order valence-corrected chi connectivity index (χ4v) is 3.17. The lowest BCUT2D eigenvalue weighted by Gasteiger charge is -2.09. The van der Waals surface area contributed by atoms with Gasteiger partial charge in [-0.05, 0) is 25.1 Å². The van der Waals surface area contributed by atoms with Gasteiger partial charge in [0, 0.05) is 23.4 Å². The van der Waals surface area contributed by atoms with Crippen LogP contribution >= 0.6 is 34.5 Å². The summed E-state index contributed by atoms with van der Waals surface area (Å²) < 4.78 is 2.16. The van der Waals surface area contributed by atoms with Crippen molar-refractivity contribution in [2.45, 2.75) is 25.3 Å². The van der Waals surface area contributed by atoms with Crippen molar-refractivity contribution >= 4 is 45.6 Å². The zero-order chi connectivity index (χ0) is 14.1. The predicted molar refractivity (Wildman–Crippen MR) is 84.8 cm³/mol. The monoisotopic (exact) mass is 325 g/mol. The van der Waals surface area contributed by atoms with E-state index >= 15 is 0 Å². The van der Waals surface area contributed by atoms with Crippen molar-refractivity contribution in [1.29, 1.82) is 0 Å². The van der Waals surface area contributed by atoms with Gasteiger partial charge in [0.05, 0.1) is 27.6 Å². The lowest BCUT2D eigenvalue weighted by Crippen LogP contribution is -2.07. The van der Waals surface area contributed by atoms with Crippen molar-refractivity contribution in [2.24, 2.45) is 0 Å². The Kier molecular flexibility index (Phi) is 3.96. The lowest BCUT2D eigenvalue weighted by atomic mass is 10.3. The molecule has 1 unspecified atom stereocenters. The summed E-state index contributed by atoms with van der Waals surface area (Å²) in [5.74, 6) is 0.874. The van der Waals surface area contributed by atoms with Crippen molar-refractivity contribution in [2.75, 3.05) is 0 Å². The normalized spacial score (nSPS) is 12.9. The lowest BCUT2D eigenvalue weighted by molar-refractivity contribution is 0.662. The molecule has 104 valence electrons. The summed E-state index contributed by atoms with van der Waals surface area (Å²) in [6, 6.07) is 5.75. The van der Waals surface area contributed by atoms with E-state index in [9.17, 15) is 0 Å². The molecule has 1 atom stereocenters. The minimum absolute atomic E-state index is 0.142. The zero-order valence-electron chi connectivity index (χ0n) is 10.9. The fourth-order valence-electron chi connectivity index (χ4n) is 2.25. The molecule has 0 amide bonds. The number of benzene rings is 1. The average Bonchev–Trinajstić information content (AvgIpc) is 3.02. The van der Waals surface area contributed by atoms with Crippen LogP contribution in [0.4, 0.5) is 0 Å². The molecule has 0 radical (unpaired) electrons. The average molecular weight is 326 g/mol. The maximum atomic E-state index is 6.25. The van der Waals surface area contributed by atoms with Crippen LogP contribution in [0.2, 0.25) is 5.02 Å². The fraction of sp³-hybridized carbons (Fsp3) is 0.286. The maximum Gasteiger partial charge on any atom is 0.127 e. The van der Waals surface area contributed by atoms with E-state index in [4.69, 9.17) is 23.2 Å². The number of rotatable bonds is 4. The molecule has 0 bridgehead atoms. The quantitative estimate of drug-likeness (QED) is 0.651. The van der Waals surface area contributed by atoms with Crippen molar-refractivity contribution < 1.29 is 0 Å². The molecule has 0 N–H and O–H groups in total. The molecule has 3 aromatic rings. The number of halogens is 2. The highest BCUT2D eigenvalue weighted by atomic mass is 35.5. The zero-order valence-corrected chi connectivity index (χ0v) is 13.2. The van der Waals surface area contributed by atoms with Crippen LogP contribution in [-0.2, 0) is 13.0 Å². The number of aryl methyl sites for hydroxylation is 2. The summed E-state index contributed by atoms with van der Waals surface area (Å²) >= 11 is 13.9. The molecular weight excluding hydrogens is 313 g/mol. The van der Waals surface area contributed by atoms with Crippen LogP contribution in [0.1, 0.15) is 23.8 Å². The number of nitrogens with zero attached hydrogens (tertiary/aromatic N) is 3. The summed E-state index contributed by atoms with van der Waals surface area (Å²) in [7, 11) is 0. The van der Waals surface area contributed by atoms with E-state index in [2.05, 4.69) is 19.9 Å². The molecule has 0 aliphatic carbocycles. The van der Waals surface area contributed by atoms with Crippen LogP contribution in [0, 0.1) is 0 Å². The summed E-state index contributed by atoms with van der Waals surface area (Å²) in [5.41, 5.74) is 4.90. The summed E-state index contributed by atoms with van der Waals surface area (Å²) in [6.45, 7) is 2.75. The van der Waals surface area contributed by atoms with Gasteiger partial charge in [-0.25, -0.2) is 9.97 Å². The van der Waals surface area contributed by atoms with Gasteiger partial charge in [-0.3, -0.25) is 0 Å². The van der Waals surface area contributed by atoms with Gasteiger partial charge in [0.15, 0.2) is 0 Å². The highest BCUT2D eigenvalue weighted by molar-refractivity contribution is 7.07. The number of fused-ring (bicyclic) bond motifs is 1. The molecule has 1 aromatic carbocycles. The molecule has 0 aliphatic rings. The number of aromatic nitrogens is 3. The molecule has 2 heterocycles. The Labute approximate surface area is 131 Å². The van der Waals surface area contributed by atoms with Gasteiger partial charge < -0.3 is 4.57 Å². The summed E-state index contributed by atoms with van der Waals surface area (Å²) in [4.78, 5) is 8.92. The molecule has 0 saturated heterocycles. The third-order valence-electron chi connectivity index (χ3n) is 3.17. The molecule has 0 saturated carbocycles. The Balaban J connectivity index is 2.00. The smallest absolute Gasteiger partial charge is 0.127 e. The molecule has 0 aliphatic heterocycles. The topological polar surface area (TPSA) is 30.7 Å². The molecule has 2 aromatic heterocycles. The number of hydrogen-bond acceptors (Lipinski definition) is 3. The van der Waals surface area contributed by atoms with Crippen LogP contribution in [-0.4, -0.2) is 14.5 Å². The largest absolute Gasteiger partial charge is 0.326 e. The van der Waals surface area contributed by atoms with Crippen LogP contribution in [0.25, 0.3) is 11.0 Å². The molecule has 0 fully saturated rings. The van der Waals surface area contributed by atoms with Gasteiger partial charge in [0.25, 0.3) is 0 Å². The first-order chi connectivity index (χ1) is 9.65. The van der Waals surface area contributed by atoms with Crippen molar-refractivity contribution in [3.05, 3.63) is 45.6 Å². The van der Waals surface area contributed by atoms with Crippen molar-refractivity contribution in [1.82, 2.24) is 14.5 Å². The van der Waals surface area contributed by atoms with E-state index in [1.165, 1.54) is 0 Å². The Bertz CT molecular complexity index is 719. The molecule has 6 heteroatoms. The Morgan fingerprint density at radius 3 is 2.95 bits per heavy atom. The molecule has 0 spiro atoms. The number of alkyl halides is 1. The third-order valence-corrected chi connectivity index (χ3v) is 4.24. The second-order valence-corrected chi connectivity index (χ2v) is 6.41. The first-order valence-electron chi connectivity index (χ1n) is 6.32. The third kappa shape index (κ3) is 2.68. The van der Waals surface area contributed by atoms with Gasteiger partial charge >= 0.3 is 0 Å². The standard InChI is InChI=1S/C14H13Cl2N3S/c1-9(15)14-18-12-6-10(16)2-3-13(12)19(14)5-4-11-7-20-8-17-11/h2-3,6-9H,4-5H2,1H3. The Morgan fingerprint density at radius 1 is 1.40 bits per heavy atom. The second kappa shape index (κ2) is 5.72. The highest BCUT2D eigenvalue weighted by Crippen LogP contribution is 2.26. The van der Waals surface area contributed by atoms with E-state index in [1.807, 2.05) is 30.6 Å². The SMILES string of the molecule is CC(Cl)c1nc2cc(Cl)ccc2n1CCc1cscn1. The molecule has 3 nitrogen and oxygen atoms in total. The van der Waals surface area contributed by atoms with Gasteiger partial charge in [-0.15, -0.1) is 22.9 Å². The van der Waals surface area contributed by atoms with E-state index in [1.54, 1.807) is 11.3 Å².